The lowest BCUT2D eigenvalue weighted by molar-refractivity contribution is 0.0457. The molecule has 2 rings (SSSR count). The van der Waals surface area contributed by atoms with Crippen LogP contribution in [0.2, 0.25) is 0 Å². The number of nitrogens with one attached hydrogen (secondary N) is 1. The van der Waals surface area contributed by atoms with Crippen LogP contribution in [0.3, 0.4) is 0 Å². The first-order valence-electron chi connectivity index (χ1n) is 6.62. The molecule has 0 saturated heterocycles. The lowest BCUT2D eigenvalue weighted by Crippen LogP contribution is -2.35. The average Bonchev–Trinajstić information content (AvgIpc) is 2.44. The van der Waals surface area contributed by atoms with Crippen LogP contribution in [0.4, 0.5) is 5.69 Å². The van der Waals surface area contributed by atoms with E-state index >= 15 is 0 Å². The van der Waals surface area contributed by atoms with Gasteiger partial charge in [-0.3, -0.25) is 0 Å². The fourth-order valence-corrected chi connectivity index (χ4v) is 2.07. The van der Waals surface area contributed by atoms with Crippen LogP contribution in [0.5, 0.6) is 0 Å². The molecule has 2 aromatic carbocycles. The van der Waals surface area contributed by atoms with Gasteiger partial charge >= 0.3 is 0 Å². The topological polar surface area (TPSA) is 32.3 Å². The van der Waals surface area contributed by atoms with E-state index in [-0.39, 0.29) is 0 Å². The Morgan fingerprint density at radius 3 is 2.33 bits per heavy atom. The van der Waals surface area contributed by atoms with Crippen molar-refractivity contribution in [3.63, 3.8) is 0 Å². The van der Waals surface area contributed by atoms with E-state index in [4.69, 9.17) is 0 Å². The summed E-state index contributed by atoms with van der Waals surface area (Å²) in [5, 5.41) is 16.0. The quantitative estimate of drug-likeness (QED) is 0.837. The molecule has 2 heteroatoms. The lowest BCUT2D eigenvalue weighted by atomic mass is 9.97. The Hall–Kier alpha value is -1.54. The number of hydrogen-bond acceptors (Lipinski definition) is 2. The third kappa shape index (κ3) is 2.82. The molecule has 0 aliphatic heterocycles. The van der Waals surface area contributed by atoms with Crippen molar-refractivity contribution in [1.82, 2.24) is 0 Å². The molecule has 0 aliphatic rings. The molecule has 2 nitrogen and oxygen atoms in total. The van der Waals surface area contributed by atoms with Gasteiger partial charge in [-0.1, -0.05) is 44.2 Å². The predicted octanol–water partition coefficient (Wildman–Crippen LogP) is 3.80. The number of benzene rings is 2. The van der Waals surface area contributed by atoms with Gasteiger partial charge in [0.25, 0.3) is 0 Å². The van der Waals surface area contributed by atoms with Gasteiger partial charge in [-0.25, -0.2) is 0 Å². The van der Waals surface area contributed by atoms with E-state index in [1.807, 2.05) is 26.0 Å². The van der Waals surface area contributed by atoms with Crippen molar-refractivity contribution in [2.45, 2.75) is 32.3 Å². The second-order valence-electron chi connectivity index (χ2n) is 4.85. The number of hydrogen-bond donors (Lipinski definition) is 2. The minimum atomic E-state index is -0.606. The van der Waals surface area contributed by atoms with Gasteiger partial charge in [-0.15, -0.1) is 0 Å². The Kier molecular flexibility index (Phi) is 3.87. The van der Waals surface area contributed by atoms with Crippen LogP contribution in [0.15, 0.2) is 42.5 Å². The fourth-order valence-electron chi connectivity index (χ4n) is 2.07. The molecule has 2 N–H and O–H groups in total. The van der Waals surface area contributed by atoms with Gasteiger partial charge in [0.2, 0.25) is 0 Å². The molecule has 0 heterocycles. The maximum Gasteiger partial charge on any atom is 0.0814 e. The number of rotatable bonds is 5. The molecule has 0 aliphatic carbocycles. The van der Waals surface area contributed by atoms with E-state index in [0.29, 0.717) is 6.54 Å². The van der Waals surface area contributed by atoms with Gasteiger partial charge in [-0.05, 0) is 35.7 Å². The summed E-state index contributed by atoms with van der Waals surface area (Å²) in [5.41, 5.74) is 0.458. The lowest BCUT2D eigenvalue weighted by Gasteiger charge is -2.26. The van der Waals surface area contributed by atoms with E-state index in [9.17, 15) is 5.11 Å². The Bertz CT molecular complexity index is 517. The summed E-state index contributed by atoms with van der Waals surface area (Å²) in [5.74, 6) is 0. The molecular weight excluding hydrogens is 222 g/mol. The summed E-state index contributed by atoms with van der Waals surface area (Å²) >= 11 is 0. The molecule has 0 saturated carbocycles. The zero-order chi connectivity index (χ0) is 13.0. The van der Waals surface area contributed by atoms with Gasteiger partial charge in [0.15, 0.2) is 0 Å². The minimum Gasteiger partial charge on any atom is -0.388 e. The minimum absolute atomic E-state index is 0.596. The van der Waals surface area contributed by atoms with Gasteiger partial charge in [0, 0.05) is 12.2 Å². The van der Waals surface area contributed by atoms with Crippen molar-refractivity contribution in [2.75, 3.05) is 11.9 Å². The molecule has 0 atom stereocenters. The summed E-state index contributed by atoms with van der Waals surface area (Å²) in [6.07, 6.45) is 1.54. The van der Waals surface area contributed by atoms with E-state index < -0.39 is 5.60 Å². The van der Waals surface area contributed by atoms with Crippen molar-refractivity contribution in [2.24, 2.45) is 0 Å². The van der Waals surface area contributed by atoms with Crippen LogP contribution in [-0.4, -0.2) is 17.3 Å². The molecule has 2 aromatic rings. The Morgan fingerprint density at radius 1 is 1.00 bits per heavy atom. The number of aliphatic hydroxyl groups is 1. The zero-order valence-electron chi connectivity index (χ0n) is 11.1. The highest BCUT2D eigenvalue weighted by Crippen LogP contribution is 2.21. The molecule has 0 spiro atoms. The van der Waals surface area contributed by atoms with Crippen molar-refractivity contribution in [3.05, 3.63) is 42.5 Å². The average molecular weight is 243 g/mol. The largest absolute Gasteiger partial charge is 0.388 e. The van der Waals surface area contributed by atoms with Gasteiger partial charge in [0.1, 0.15) is 0 Å². The summed E-state index contributed by atoms with van der Waals surface area (Å²) in [7, 11) is 0. The third-order valence-corrected chi connectivity index (χ3v) is 3.69. The van der Waals surface area contributed by atoms with Gasteiger partial charge in [0.05, 0.1) is 5.60 Å². The highest BCUT2D eigenvalue weighted by molar-refractivity contribution is 5.85. The van der Waals surface area contributed by atoms with Crippen LogP contribution in [0.25, 0.3) is 10.8 Å². The van der Waals surface area contributed by atoms with Crippen molar-refractivity contribution in [1.29, 1.82) is 0 Å². The van der Waals surface area contributed by atoms with Gasteiger partial charge < -0.3 is 10.4 Å². The molecule has 0 radical (unpaired) electrons. The van der Waals surface area contributed by atoms with Crippen LogP contribution in [-0.2, 0) is 0 Å². The maximum absolute atomic E-state index is 10.2. The Labute approximate surface area is 109 Å². The highest BCUT2D eigenvalue weighted by Gasteiger charge is 2.21. The van der Waals surface area contributed by atoms with Gasteiger partial charge in [-0.2, -0.15) is 0 Å². The van der Waals surface area contributed by atoms with Crippen LogP contribution in [0.1, 0.15) is 26.7 Å². The number of anilines is 1. The first kappa shape index (κ1) is 12.9. The normalized spacial score (nSPS) is 11.7. The monoisotopic (exact) mass is 243 g/mol. The maximum atomic E-state index is 10.2. The molecule has 96 valence electrons. The van der Waals surface area contributed by atoms with Crippen LogP contribution >= 0.6 is 0 Å². The highest BCUT2D eigenvalue weighted by atomic mass is 16.3. The molecule has 0 unspecified atom stereocenters. The van der Waals surface area contributed by atoms with Crippen molar-refractivity contribution >= 4 is 16.5 Å². The van der Waals surface area contributed by atoms with E-state index in [0.717, 1.165) is 18.5 Å². The molecular formula is C16H21NO. The predicted molar refractivity (Wildman–Crippen MR) is 78.0 cm³/mol. The summed E-state index contributed by atoms with van der Waals surface area (Å²) in [6, 6.07) is 14.6. The summed E-state index contributed by atoms with van der Waals surface area (Å²) in [4.78, 5) is 0. The van der Waals surface area contributed by atoms with E-state index in [1.54, 1.807) is 0 Å². The molecule has 0 aromatic heterocycles. The standard InChI is InChI=1S/C16H21NO/c1-3-16(18,4-2)12-17-15-10-9-13-7-5-6-8-14(13)11-15/h5-11,17-18H,3-4,12H2,1-2H3. The van der Waals surface area contributed by atoms with Crippen molar-refractivity contribution < 1.29 is 5.11 Å². The first-order valence-corrected chi connectivity index (χ1v) is 6.62. The van der Waals surface area contributed by atoms with Crippen molar-refractivity contribution in [3.8, 4) is 0 Å². The molecule has 0 bridgehead atoms. The Balaban J connectivity index is 2.12. The van der Waals surface area contributed by atoms with Crippen LogP contribution < -0.4 is 5.32 Å². The molecule has 0 fully saturated rings. The van der Waals surface area contributed by atoms with Crippen LogP contribution in [0, 0.1) is 0 Å². The molecule has 0 amide bonds. The first-order chi connectivity index (χ1) is 8.67. The third-order valence-electron chi connectivity index (χ3n) is 3.69. The zero-order valence-corrected chi connectivity index (χ0v) is 11.1. The Morgan fingerprint density at radius 2 is 1.67 bits per heavy atom. The summed E-state index contributed by atoms with van der Waals surface area (Å²) in [6.45, 7) is 4.63. The van der Waals surface area contributed by atoms with E-state index in [2.05, 4.69) is 35.6 Å². The van der Waals surface area contributed by atoms with E-state index in [1.165, 1.54) is 10.8 Å². The second-order valence-corrected chi connectivity index (χ2v) is 4.85. The fraction of sp³-hybridized carbons (Fsp3) is 0.375. The SMILES string of the molecule is CCC(O)(CC)CNc1ccc2ccccc2c1. The summed E-state index contributed by atoms with van der Waals surface area (Å²) < 4.78 is 0. The molecule has 18 heavy (non-hydrogen) atoms. The smallest absolute Gasteiger partial charge is 0.0814 e. The number of fused-ring (bicyclic) bond motifs is 1. The second kappa shape index (κ2) is 5.40.